The minimum Gasteiger partial charge on any atom is -0.454 e. The lowest BCUT2D eigenvalue weighted by Crippen LogP contribution is -2.10. The van der Waals surface area contributed by atoms with E-state index in [0.717, 1.165) is 50.1 Å². The molecule has 0 radical (unpaired) electrons. The summed E-state index contributed by atoms with van der Waals surface area (Å²) in [5.41, 5.74) is 14.5. The molecule has 0 aliphatic carbocycles. The number of thiophene rings is 1. The third kappa shape index (κ3) is 5.71. The Kier molecular flexibility index (Phi) is 8.04. The van der Waals surface area contributed by atoms with Crippen LogP contribution in [0.15, 0.2) is 217 Å². The van der Waals surface area contributed by atoms with Gasteiger partial charge in [0.05, 0.1) is 16.1 Å². The van der Waals surface area contributed by atoms with Crippen molar-refractivity contribution >= 4 is 70.5 Å². The van der Waals surface area contributed by atoms with E-state index in [9.17, 15) is 0 Å². The van der Waals surface area contributed by atoms with Gasteiger partial charge >= 0.3 is 0 Å². The van der Waals surface area contributed by atoms with Crippen LogP contribution in [0.25, 0.3) is 86.6 Å². The highest BCUT2D eigenvalue weighted by atomic mass is 32.1. The van der Waals surface area contributed by atoms with Crippen LogP contribution in [-0.4, -0.2) is 0 Å². The molecular formula is C54H35NOS. The van der Waals surface area contributed by atoms with Crippen LogP contribution in [0.4, 0.5) is 17.1 Å². The molecular weight excluding hydrogens is 711 g/mol. The van der Waals surface area contributed by atoms with Crippen LogP contribution in [0.1, 0.15) is 0 Å². The first-order valence-electron chi connectivity index (χ1n) is 19.3. The molecule has 0 N–H and O–H groups in total. The molecule has 0 aliphatic heterocycles. The Bertz CT molecular complexity index is 3220. The van der Waals surface area contributed by atoms with Gasteiger partial charge in [0.1, 0.15) is 5.58 Å². The Labute approximate surface area is 335 Å². The molecule has 11 aromatic rings. The molecule has 9 aromatic carbocycles. The monoisotopic (exact) mass is 745 g/mol. The third-order valence-corrected chi connectivity index (χ3v) is 12.4. The van der Waals surface area contributed by atoms with Crippen LogP contribution in [0.5, 0.6) is 0 Å². The largest absolute Gasteiger partial charge is 0.454 e. The first-order chi connectivity index (χ1) is 28.3. The van der Waals surface area contributed by atoms with E-state index in [0.29, 0.717) is 0 Å². The summed E-state index contributed by atoms with van der Waals surface area (Å²) in [5.74, 6) is 0. The maximum Gasteiger partial charge on any atom is 0.159 e. The molecule has 0 bridgehead atoms. The van der Waals surface area contributed by atoms with Crippen molar-refractivity contribution in [3.63, 3.8) is 0 Å². The number of rotatable bonds is 7. The van der Waals surface area contributed by atoms with Gasteiger partial charge in [-0.05, 0) is 80.9 Å². The zero-order chi connectivity index (χ0) is 37.7. The Morgan fingerprint density at radius 2 is 0.877 bits per heavy atom. The number of fused-ring (bicyclic) bond motifs is 6. The molecule has 0 atom stereocenters. The molecule has 57 heavy (non-hydrogen) atoms. The lowest BCUT2D eigenvalue weighted by atomic mass is 9.94. The molecule has 0 spiro atoms. The topological polar surface area (TPSA) is 16.4 Å². The molecule has 2 aromatic heterocycles. The predicted octanol–water partition coefficient (Wildman–Crippen LogP) is 16.1. The van der Waals surface area contributed by atoms with Gasteiger partial charge in [-0.15, -0.1) is 11.3 Å². The highest BCUT2D eigenvalue weighted by Gasteiger charge is 2.24. The van der Waals surface area contributed by atoms with Crippen molar-refractivity contribution in [3.8, 4) is 44.5 Å². The van der Waals surface area contributed by atoms with Crippen LogP contribution in [0, 0.1) is 0 Å². The fourth-order valence-electron chi connectivity index (χ4n) is 8.40. The normalized spacial score (nSPS) is 11.5. The van der Waals surface area contributed by atoms with E-state index in [4.69, 9.17) is 4.42 Å². The summed E-state index contributed by atoms with van der Waals surface area (Å²) in [7, 11) is 0. The molecule has 0 aliphatic rings. The molecule has 0 saturated heterocycles. The number of hydrogen-bond acceptors (Lipinski definition) is 3. The fourth-order valence-corrected chi connectivity index (χ4v) is 9.72. The van der Waals surface area contributed by atoms with E-state index in [1.165, 1.54) is 53.6 Å². The average Bonchev–Trinajstić information content (AvgIpc) is 3.87. The summed E-state index contributed by atoms with van der Waals surface area (Å²) >= 11 is 1.87. The Balaban J connectivity index is 1.19. The van der Waals surface area contributed by atoms with Gasteiger partial charge in [-0.3, -0.25) is 0 Å². The first-order valence-corrected chi connectivity index (χ1v) is 20.2. The standard InChI is InChI=1S/C54H35NOS/c1-4-16-36(17-5-1)40-34-48-47-27-14-25-44(38-20-8-3-9-21-38)53(47)57-54(48)50(35-40)55(49-28-15-26-46-45-24-12-13-29-51(45)56-52(46)49)41-32-30-39(31-33-41)43-23-11-10-22-42(43)37-18-6-2-7-19-37/h1-35H. The second-order valence-electron chi connectivity index (χ2n) is 14.4. The minimum atomic E-state index is 0.863. The second kappa shape index (κ2) is 13.8. The van der Waals surface area contributed by atoms with E-state index in [1.54, 1.807) is 0 Å². The minimum absolute atomic E-state index is 0.863. The fraction of sp³-hybridized carbons (Fsp3) is 0. The molecule has 2 nitrogen and oxygen atoms in total. The van der Waals surface area contributed by atoms with Gasteiger partial charge in [-0.1, -0.05) is 176 Å². The highest BCUT2D eigenvalue weighted by molar-refractivity contribution is 7.27. The molecule has 0 amide bonds. The molecule has 0 unspecified atom stereocenters. The highest BCUT2D eigenvalue weighted by Crippen LogP contribution is 2.51. The Morgan fingerprint density at radius 1 is 0.333 bits per heavy atom. The van der Waals surface area contributed by atoms with Crippen molar-refractivity contribution in [2.45, 2.75) is 0 Å². The van der Waals surface area contributed by atoms with Crippen LogP contribution in [0.3, 0.4) is 0 Å². The van der Waals surface area contributed by atoms with Crippen molar-refractivity contribution < 1.29 is 4.42 Å². The molecule has 2 heterocycles. The van der Waals surface area contributed by atoms with Gasteiger partial charge in [0.15, 0.2) is 5.58 Å². The molecule has 0 saturated carbocycles. The zero-order valence-corrected chi connectivity index (χ0v) is 31.8. The number of anilines is 3. The zero-order valence-electron chi connectivity index (χ0n) is 31.0. The van der Waals surface area contributed by atoms with Gasteiger partial charge in [-0.25, -0.2) is 0 Å². The van der Waals surface area contributed by atoms with Crippen LogP contribution in [-0.2, 0) is 0 Å². The van der Waals surface area contributed by atoms with Crippen LogP contribution < -0.4 is 4.90 Å². The Hall–Kier alpha value is -7.20. The maximum absolute atomic E-state index is 6.79. The van der Waals surface area contributed by atoms with E-state index in [-0.39, 0.29) is 0 Å². The van der Waals surface area contributed by atoms with Crippen LogP contribution in [0.2, 0.25) is 0 Å². The second-order valence-corrected chi connectivity index (χ2v) is 15.5. The summed E-state index contributed by atoms with van der Waals surface area (Å²) in [6.07, 6.45) is 0. The van der Waals surface area contributed by atoms with Gasteiger partial charge in [0.2, 0.25) is 0 Å². The van der Waals surface area contributed by atoms with Gasteiger partial charge in [-0.2, -0.15) is 0 Å². The van der Waals surface area contributed by atoms with E-state index >= 15 is 0 Å². The quantitative estimate of drug-likeness (QED) is 0.162. The lowest BCUT2D eigenvalue weighted by Gasteiger charge is -2.27. The number of hydrogen-bond donors (Lipinski definition) is 0. The van der Waals surface area contributed by atoms with Crippen molar-refractivity contribution in [2.24, 2.45) is 0 Å². The SMILES string of the molecule is c1ccc(-c2cc(N(c3ccc(-c4ccccc4-c4ccccc4)cc3)c3cccc4c3oc3ccccc34)c3sc4c(-c5ccccc5)cccc4c3c2)cc1. The van der Waals surface area contributed by atoms with Crippen molar-refractivity contribution in [3.05, 3.63) is 212 Å². The summed E-state index contributed by atoms with van der Waals surface area (Å²) < 4.78 is 9.29. The molecule has 3 heteroatoms. The predicted molar refractivity (Wildman–Crippen MR) is 243 cm³/mol. The number of furan rings is 1. The maximum atomic E-state index is 6.79. The lowest BCUT2D eigenvalue weighted by molar-refractivity contribution is 0.669. The number of para-hydroxylation sites is 2. The van der Waals surface area contributed by atoms with E-state index in [1.807, 2.05) is 17.4 Å². The first kappa shape index (κ1) is 33.2. The summed E-state index contributed by atoms with van der Waals surface area (Å²) in [6, 6.07) is 76.2. The van der Waals surface area contributed by atoms with Crippen molar-refractivity contribution in [1.82, 2.24) is 0 Å². The summed E-state index contributed by atoms with van der Waals surface area (Å²) in [5, 5.41) is 4.70. The molecule has 268 valence electrons. The van der Waals surface area contributed by atoms with Crippen LogP contribution >= 0.6 is 11.3 Å². The van der Waals surface area contributed by atoms with E-state index < -0.39 is 0 Å². The van der Waals surface area contributed by atoms with Crippen molar-refractivity contribution in [2.75, 3.05) is 4.90 Å². The summed E-state index contributed by atoms with van der Waals surface area (Å²) in [4.78, 5) is 2.42. The Morgan fingerprint density at radius 3 is 1.60 bits per heavy atom. The number of benzene rings is 9. The summed E-state index contributed by atoms with van der Waals surface area (Å²) in [6.45, 7) is 0. The smallest absolute Gasteiger partial charge is 0.159 e. The van der Waals surface area contributed by atoms with Gasteiger partial charge in [0, 0.05) is 31.9 Å². The van der Waals surface area contributed by atoms with Gasteiger partial charge < -0.3 is 9.32 Å². The average molecular weight is 746 g/mol. The molecule has 0 fully saturated rings. The van der Waals surface area contributed by atoms with Gasteiger partial charge in [0.25, 0.3) is 0 Å². The van der Waals surface area contributed by atoms with Crippen molar-refractivity contribution in [1.29, 1.82) is 0 Å². The molecule has 11 rings (SSSR count). The third-order valence-electron chi connectivity index (χ3n) is 11.1. The number of nitrogens with zero attached hydrogens (tertiary/aromatic N) is 1. The van der Waals surface area contributed by atoms with E-state index in [2.05, 4.69) is 211 Å².